The van der Waals surface area contributed by atoms with Gasteiger partial charge < -0.3 is 10.2 Å². The predicted molar refractivity (Wildman–Crippen MR) is 136 cm³/mol. The number of aromatic nitrogens is 9. The number of aryl methyl sites for hydroxylation is 2. The Morgan fingerprint density at radius 2 is 1.86 bits per heavy atom. The molecule has 11 nitrogen and oxygen atoms in total. The summed E-state index contributed by atoms with van der Waals surface area (Å²) in [5.74, 6) is 3.70. The zero-order valence-corrected chi connectivity index (χ0v) is 20.3. The minimum absolute atomic E-state index is 0.360. The molecule has 5 aromatic heterocycles. The van der Waals surface area contributed by atoms with Gasteiger partial charge in [0.1, 0.15) is 24.0 Å². The Morgan fingerprint density at radius 1 is 1.03 bits per heavy atom. The summed E-state index contributed by atoms with van der Waals surface area (Å²) in [6.07, 6.45) is 15.6. The summed E-state index contributed by atoms with van der Waals surface area (Å²) in [7, 11) is 0. The molecule has 0 bridgehead atoms. The minimum atomic E-state index is 0.360. The quantitative estimate of drug-likeness (QED) is 0.389. The van der Waals surface area contributed by atoms with Crippen LogP contribution in [-0.4, -0.2) is 57.2 Å². The molecule has 6 heterocycles. The van der Waals surface area contributed by atoms with Crippen molar-refractivity contribution < 1.29 is 0 Å². The maximum atomic E-state index is 4.81. The molecule has 0 aromatic carbocycles. The number of pyridine rings is 1. The molecule has 6 rings (SSSR count). The molecule has 1 aliphatic heterocycles. The van der Waals surface area contributed by atoms with E-state index in [0.29, 0.717) is 11.7 Å². The molecule has 1 aliphatic rings. The lowest BCUT2D eigenvalue weighted by Gasteiger charge is -2.31. The molecule has 0 atom stereocenters. The minimum Gasteiger partial charge on any atom is -0.341 e. The number of rotatable bonds is 6. The fourth-order valence-corrected chi connectivity index (χ4v) is 4.64. The Morgan fingerprint density at radius 3 is 2.58 bits per heavy atom. The molecule has 0 spiro atoms. The second kappa shape index (κ2) is 9.33. The normalized spacial score (nSPS) is 14.4. The summed E-state index contributed by atoms with van der Waals surface area (Å²) < 4.78 is 3.78. The fourth-order valence-electron chi connectivity index (χ4n) is 4.64. The van der Waals surface area contributed by atoms with Crippen LogP contribution in [0.2, 0.25) is 0 Å². The van der Waals surface area contributed by atoms with Crippen molar-refractivity contribution in [3.05, 3.63) is 72.9 Å². The van der Waals surface area contributed by atoms with Gasteiger partial charge in [-0.2, -0.15) is 5.10 Å². The zero-order chi connectivity index (χ0) is 24.5. The molecule has 0 amide bonds. The molecule has 0 saturated carbocycles. The number of piperidine rings is 1. The molecule has 1 N–H and O–H groups in total. The van der Waals surface area contributed by atoms with Gasteiger partial charge in [-0.15, -0.1) is 0 Å². The molecule has 0 unspecified atom stereocenters. The molecule has 1 saturated heterocycles. The highest BCUT2D eigenvalue weighted by molar-refractivity contribution is 5.74. The standard InChI is InChI=1S/C25H27N11/c1-3-18-12-29-25(30-13-18)34-9-6-19(7-10-34)24-28-14-21-23(27-8-11-35(21)24)33-20-4-5-22(32-17(20)2)36-16-26-15-31-36/h4-5,8,11-16,19H,3,6-7,9-10H2,1-2H3,(H,27,33). The number of imidazole rings is 1. The Balaban J connectivity index is 1.19. The third-order valence-electron chi connectivity index (χ3n) is 6.71. The Hall–Kier alpha value is -4.41. The Labute approximate surface area is 208 Å². The van der Waals surface area contributed by atoms with Crippen LogP contribution in [0.4, 0.5) is 17.5 Å². The lowest BCUT2D eigenvalue weighted by molar-refractivity contribution is 0.479. The van der Waals surface area contributed by atoms with Crippen molar-refractivity contribution in [2.75, 3.05) is 23.3 Å². The zero-order valence-electron chi connectivity index (χ0n) is 20.3. The summed E-state index contributed by atoms with van der Waals surface area (Å²) in [6, 6.07) is 3.88. The SMILES string of the molecule is CCc1cnc(N2CCC(c3ncc4c(Nc5ccc(-n6cncn6)nc5C)nccn34)CC2)nc1. The van der Waals surface area contributed by atoms with Gasteiger partial charge in [0, 0.05) is 43.8 Å². The largest absolute Gasteiger partial charge is 0.341 e. The molecule has 0 radical (unpaired) electrons. The van der Waals surface area contributed by atoms with E-state index in [9.17, 15) is 0 Å². The molecular formula is C25H27N11. The van der Waals surface area contributed by atoms with E-state index < -0.39 is 0 Å². The summed E-state index contributed by atoms with van der Waals surface area (Å²) in [4.78, 5) is 29.4. The fraction of sp³-hybridized carbons (Fsp3) is 0.320. The van der Waals surface area contributed by atoms with E-state index in [1.165, 1.54) is 6.33 Å². The van der Waals surface area contributed by atoms with Gasteiger partial charge in [-0.25, -0.2) is 34.6 Å². The van der Waals surface area contributed by atoms with Crippen LogP contribution in [0.5, 0.6) is 0 Å². The highest BCUT2D eigenvalue weighted by Crippen LogP contribution is 2.31. The van der Waals surface area contributed by atoms with Gasteiger partial charge in [-0.3, -0.25) is 4.40 Å². The Bertz CT molecular complexity index is 1470. The van der Waals surface area contributed by atoms with Gasteiger partial charge in [0.25, 0.3) is 0 Å². The van der Waals surface area contributed by atoms with Gasteiger partial charge in [0.05, 0.1) is 17.6 Å². The first-order valence-electron chi connectivity index (χ1n) is 12.2. The third kappa shape index (κ3) is 4.12. The van der Waals surface area contributed by atoms with E-state index in [1.807, 2.05) is 50.0 Å². The molecule has 1 fully saturated rings. The van der Waals surface area contributed by atoms with Gasteiger partial charge in [-0.05, 0) is 43.9 Å². The summed E-state index contributed by atoms with van der Waals surface area (Å²) >= 11 is 0. The Kier molecular flexibility index (Phi) is 5.72. The first-order valence-corrected chi connectivity index (χ1v) is 12.2. The first kappa shape index (κ1) is 22.1. The van der Waals surface area contributed by atoms with Crippen LogP contribution < -0.4 is 10.2 Å². The second-order valence-corrected chi connectivity index (χ2v) is 8.92. The lowest BCUT2D eigenvalue weighted by atomic mass is 9.96. The van der Waals surface area contributed by atoms with E-state index in [0.717, 1.165) is 72.4 Å². The molecule has 11 heteroatoms. The van der Waals surface area contributed by atoms with Gasteiger partial charge >= 0.3 is 0 Å². The third-order valence-corrected chi connectivity index (χ3v) is 6.71. The topological polar surface area (TPSA) is 115 Å². The maximum absolute atomic E-state index is 4.81. The molecule has 182 valence electrons. The van der Waals surface area contributed by atoms with Crippen molar-refractivity contribution in [2.45, 2.75) is 39.0 Å². The van der Waals surface area contributed by atoms with Crippen LogP contribution in [0.3, 0.4) is 0 Å². The average molecular weight is 482 g/mol. The first-order chi connectivity index (χ1) is 17.7. The van der Waals surface area contributed by atoms with E-state index in [1.54, 1.807) is 11.0 Å². The van der Waals surface area contributed by atoms with Crippen molar-refractivity contribution >= 4 is 23.0 Å². The van der Waals surface area contributed by atoms with E-state index >= 15 is 0 Å². The number of nitrogens with zero attached hydrogens (tertiary/aromatic N) is 10. The van der Waals surface area contributed by atoms with E-state index in [4.69, 9.17) is 4.98 Å². The second-order valence-electron chi connectivity index (χ2n) is 8.92. The number of fused-ring (bicyclic) bond motifs is 1. The molecule has 36 heavy (non-hydrogen) atoms. The lowest BCUT2D eigenvalue weighted by Crippen LogP contribution is -2.34. The summed E-state index contributed by atoms with van der Waals surface area (Å²) in [6.45, 7) is 5.89. The van der Waals surface area contributed by atoms with E-state index in [2.05, 4.69) is 51.6 Å². The monoisotopic (exact) mass is 481 g/mol. The highest BCUT2D eigenvalue weighted by atomic mass is 15.3. The summed E-state index contributed by atoms with van der Waals surface area (Å²) in [5, 5.41) is 7.58. The van der Waals surface area contributed by atoms with Crippen molar-refractivity contribution in [1.82, 2.24) is 44.1 Å². The van der Waals surface area contributed by atoms with Crippen LogP contribution in [0.15, 0.2) is 55.8 Å². The van der Waals surface area contributed by atoms with Crippen molar-refractivity contribution in [3.8, 4) is 5.82 Å². The highest BCUT2D eigenvalue weighted by Gasteiger charge is 2.25. The smallest absolute Gasteiger partial charge is 0.225 e. The van der Waals surface area contributed by atoms with Gasteiger partial charge in [0.15, 0.2) is 11.6 Å². The van der Waals surface area contributed by atoms with Crippen LogP contribution in [0, 0.1) is 6.92 Å². The molecule has 0 aliphatic carbocycles. The van der Waals surface area contributed by atoms with Crippen molar-refractivity contribution in [1.29, 1.82) is 0 Å². The number of hydrogen-bond acceptors (Lipinski definition) is 9. The predicted octanol–water partition coefficient (Wildman–Crippen LogP) is 3.49. The van der Waals surface area contributed by atoms with Crippen molar-refractivity contribution in [2.24, 2.45) is 0 Å². The number of nitrogens with one attached hydrogen (secondary N) is 1. The van der Waals surface area contributed by atoms with Gasteiger partial charge in [0.2, 0.25) is 5.95 Å². The molecular weight excluding hydrogens is 454 g/mol. The summed E-state index contributed by atoms with van der Waals surface area (Å²) in [5.41, 5.74) is 3.82. The van der Waals surface area contributed by atoms with Crippen LogP contribution >= 0.6 is 0 Å². The molecule has 5 aromatic rings. The average Bonchev–Trinajstić information content (AvgIpc) is 3.61. The number of hydrogen-bond donors (Lipinski definition) is 1. The van der Waals surface area contributed by atoms with Gasteiger partial charge in [-0.1, -0.05) is 6.92 Å². The van der Waals surface area contributed by atoms with Crippen LogP contribution in [0.1, 0.15) is 42.8 Å². The number of anilines is 3. The van der Waals surface area contributed by atoms with Crippen LogP contribution in [0.25, 0.3) is 11.3 Å². The van der Waals surface area contributed by atoms with Crippen LogP contribution in [-0.2, 0) is 6.42 Å². The maximum Gasteiger partial charge on any atom is 0.225 e. The van der Waals surface area contributed by atoms with E-state index in [-0.39, 0.29) is 0 Å². The van der Waals surface area contributed by atoms with Crippen molar-refractivity contribution in [3.63, 3.8) is 0 Å².